The van der Waals surface area contributed by atoms with Crippen LogP contribution in [0.3, 0.4) is 0 Å². The third-order valence-corrected chi connectivity index (χ3v) is 3.41. The summed E-state index contributed by atoms with van der Waals surface area (Å²) in [6.45, 7) is 3.77. The Morgan fingerprint density at radius 1 is 1.25 bits per heavy atom. The molecule has 4 heteroatoms. The van der Waals surface area contributed by atoms with Gasteiger partial charge >= 0.3 is 0 Å². The molecule has 100 valence electrons. The third-order valence-electron chi connectivity index (χ3n) is 3.41. The van der Waals surface area contributed by atoms with E-state index >= 15 is 0 Å². The van der Waals surface area contributed by atoms with Crippen molar-refractivity contribution < 1.29 is 0 Å². The Labute approximate surface area is 116 Å². The lowest BCUT2D eigenvalue weighted by Gasteiger charge is -2.07. The van der Waals surface area contributed by atoms with Gasteiger partial charge in [0.15, 0.2) is 0 Å². The number of hydrogen-bond acceptors (Lipinski definition) is 3. The summed E-state index contributed by atoms with van der Waals surface area (Å²) < 4.78 is 0. The van der Waals surface area contributed by atoms with Gasteiger partial charge in [0, 0.05) is 29.1 Å². The largest absolute Gasteiger partial charge is 0.310 e. The van der Waals surface area contributed by atoms with Crippen LogP contribution in [0, 0.1) is 6.92 Å². The molecule has 0 unspecified atom stereocenters. The zero-order valence-corrected chi connectivity index (χ0v) is 11.5. The average Bonchev–Trinajstić information content (AvgIpc) is 2.49. The number of aromatic amines is 1. The minimum atomic E-state index is -0.0760. The van der Waals surface area contributed by atoms with Crippen LogP contribution in [-0.2, 0) is 6.42 Å². The van der Waals surface area contributed by atoms with E-state index in [1.165, 1.54) is 0 Å². The molecule has 2 aromatic heterocycles. The predicted molar refractivity (Wildman–Crippen MR) is 79.7 cm³/mol. The number of rotatable bonds is 2. The van der Waals surface area contributed by atoms with Gasteiger partial charge in [0.2, 0.25) is 0 Å². The highest BCUT2D eigenvalue weighted by Crippen LogP contribution is 2.23. The summed E-state index contributed by atoms with van der Waals surface area (Å²) in [4.78, 5) is 23.6. The van der Waals surface area contributed by atoms with Gasteiger partial charge in [-0.2, -0.15) is 0 Å². The van der Waals surface area contributed by atoms with Crippen molar-refractivity contribution >= 4 is 10.9 Å². The fraction of sp³-hybridized carbons (Fsp3) is 0.188. The van der Waals surface area contributed by atoms with Gasteiger partial charge in [-0.1, -0.05) is 25.1 Å². The van der Waals surface area contributed by atoms with Crippen molar-refractivity contribution in [3.05, 3.63) is 58.3 Å². The normalized spacial score (nSPS) is 10.9. The van der Waals surface area contributed by atoms with Gasteiger partial charge in [-0.3, -0.25) is 9.78 Å². The Balaban J connectivity index is 2.24. The van der Waals surface area contributed by atoms with Crippen molar-refractivity contribution in [2.24, 2.45) is 0 Å². The van der Waals surface area contributed by atoms with Gasteiger partial charge in [-0.15, -0.1) is 0 Å². The molecular weight excluding hydrogens is 250 g/mol. The Morgan fingerprint density at radius 3 is 2.90 bits per heavy atom. The molecule has 0 radical (unpaired) electrons. The number of fused-ring (bicyclic) bond motifs is 1. The first-order valence-corrected chi connectivity index (χ1v) is 6.64. The molecule has 0 fully saturated rings. The zero-order valence-electron chi connectivity index (χ0n) is 11.5. The first-order valence-electron chi connectivity index (χ1n) is 6.64. The fourth-order valence-corrected chi connectivity index (χ4v) is 2.24. The molecular formula is C16H15N3O. The van der Waals surface area contributed by atoms with Crippen LogP contribution < -0.4 is 5.56 Å². The maximum atomic E-state index is 11.9. The standard InChI is InChI=1S/C16H15N3O/c1-3-14-18-15(10(2)16(20)19-14)12-7-6-11-5-4-8-17-13(11)9-12/h4-9H,3H2,1-2H3,(H,18,19,20). The van der Waals surface area contributed by atoms with Crippen molar-refractivity contribution in [3.63, 3.8) is 0 Å². The van der Waals surface area contributed by atoms with E-state index < -0.39 is 0 Å². The molecule has 0 aliphatic heterocycles. The molecule has 20 heavy (non-hydrogen) atoms. The van der Waals surface area contributed by atoms with Crippen LogP contribution in [0.4, 0.5) is 0 Å². The Bertz CT molecular complexity index is 836. The Hall–Kier alpha value is -2.49. The number of nitrogens with one attached hydrogen (secondary N) is 1. The molecule has 3 aromatic rings. The van der Waals surface area contributed by atoms with Crippen LogP contribution in [0.5, 0.6) is 0 Å². The summed E-state index contributed by atoms with van der Waals surface area (Å²) in [5, 5.41) is 1.08. The van der Waals surface area contributed by atoms with Crippen LogP contribution in [0.25, 0.3) is 22.2 Å². The molecule has 1 aromatic carbocycles. The molecule has 0 aliphatic rings. The Kier molecular flexibility index (Phi) is 3.06. The number of H-pyrrole nitrogens is 1. The van der Waals surface area contributed by atoms with E-state index in [-0.39, 0.29) is 5.56 Å². The number of pyridine rings is 1. The first kappa shape index (κ1) is 12.5. The summed E-state index contributed by atoms with van der Waals surface area (Å²) in [6.07, 6.45) is 2.47. The van der Waals surface area contributed by atoms with E-state index in [1.54, 1.807) is 13.1 Å². The molecule has 0 amide bonds. The van der Waals surface area contributed by atoms with E-state index in [1.807, 2.05) is 37.3 Å². The third kappa shape index (κ3) is 2.09. The fourth-order valence-electron chi connectivity index (χ4n) is 2.24. The van der Waals surface area contributed by atoms with Crippen LogP contribution in [-0.4, -0.2) is 15.0 Å². The van der Waals surface area contributed by atoms with Crippen LogP contribution >= 0.6 is 0 Å². The maximum absolute atomic E-state index is 11.9. The number of nitrogens with zero attached hydrogens (tertiary/aromatic N) is 2. The minimum absolute atomic E-state index is 0.0760. The highest BCUT2D eigenvalue weighted by Gasteiger charge is 2.09. The van der Waals surface area contributed by atoms with Gasteiger partial charge in [-0.05, 0) is 19.1 Å². The molecule has 0 saturated heterocycles. The van der Waals surface area contributed by atoms with Crippen LogP contribution in [0.1, 0.15) is 18.3 Å². The van der Waals surface area contributed by atoms with E-state index in [2.05, 4.69) is 15.0 Å². The van der Waals surface area contributed by atoms with E-state index in [4.69, 9.17) is 0 Å². The molecule has 0 bridgehead atoms. The number of benzene rings is 1. The van der Waals surface area contributed by atoms with Gasteiger partial charge in [0.05, 0.1) is 11.2 Å². The second-order valence-electron chi connectivity index (χ2n) is 4.75. The lowest BCUT2D eigenvalue weighted by Crippen LogP contribution is -2.15. The van der Waals surface area contributed by atoms with Gasteiger partial charge in [0.1, 0.15) is 5.82 Å². The van der Waals surface area contributed by atoms with Crippen molar-refractivity contribution in [2.75, 3.05) is 0 Å². The lowest BCUT2D eigenvalue weighted by molar-refractivity contribution is 0.912. The topological polar surface area (TPSA) is 58.6 Å². The van der Waals surface area contributed by atoms with Crippen molar-refractivity contribution in [3.8, 4) is 11.3 Å². The quantitative estimate of drug-likeness (QED) is 0.775. The number of hydrogen-bond donors (Lipinski definition) is 1. The van der Waals surface area contributed by atoms with Crippen molar-refractivity contribution in [2.45, 2.75) is 20.3 Å². The van der Waals surface area contributed by atoms with Gasteiger partial charge in [0.25, 0.3) is 5.56 Å². The SMILES string of the molecule is CCc1nc(-c2ccc3cccnc3c2)c(C)c(=O)[nH]1. The van der Waals surface area contributed by atoms with Crippen LogP contribution in [0.2, 0.25) is 0 Å². The minimum Gasteiger partial charge on any atom is -0.310 e. The van der Waals surface area contributed by atoms with E-state index in [0.717, 1.165) is 22.2 Å². The van der Waals surface area contributed by atoms with Crippen LogP contribution in [0.15, 0.2) is 41.3 Å². The second kappa shape index (κ2) is 4.89. The summed E-state index contributed by atoms with van der Waals surface area (Å²) in [5.74, 6) is 0.705. The summed E-state index contributed by atoms with van der Waals surface area (Å²) in [6, 6.07) is 9.89. The monoisotopic (exact) mass is 265 g/mol. The lowest BCUT2D eigenvalue weighted by atomic mass is 10.1. The van der Waals surface area contributed by atoms with Crippen molar-refractivity contribution in [1.29, 1.82) is 0 Å². The average molecular weight is 265 g/mol. The number of aromatic nitrogens is 3. The molecule has 2 heterocycles. The van der Waals surface area contributed by atoms with Crippen molar-refractivity contribution in [1.82, 2.24) is 15.0 Å². The molecule has 3 rings (SSSR count). The summed E-state index contributed by atoms with van der Waals surface area (Å²) >= 11 is 0. The highest BCUT2D eigenvalue weighted by atomic mass is 16.1. The molecule has 1 N–H and O–H groups in total. The molecule has 0 saturated carbocycles. The molecule has 0 atom stereocenters. The first-order chi connectivity index (χ1) is 9.69. The molecule has 0 aliphatic carbocycles. The Morgan fingerprint density at radius 2 is 2.10 bits per heavy atom. The summed E-state index contributed by atoms with van der Waals surface area (Å²) in [7, 11) is 0. The second-order valence-corrected chi connectivity index (χ2v) is 4.75. The molecule has 4 nitrogen and oxygen atoms in total. The van der Waals surface area contributed by atoms with Gasteiger partial charge in [-0.25, -0.2) is 4.98 Å². The summed E-state index contributed by atoms with van der Waals surface area (Å²) in [5.41, 5.74) is 3.13. The van der Waals surface area contributed by atoms with Gasteiger partial charge < -0.3 is 4.98 Å². The smallest absolute Gasteiger partial charge is 0.254 e. The maximum Gasteiger partial charge on any atom is 0.254 e. The predicted octanol–water partition coefficient (Wildman–Crippen LogP) is 2.86. The van der Waals surface area contributed by atoms with E-state index in [9.17, 15) is 4.79 Å². The van der Waals surface area contributed by atoms with E-state index in [0.29, 0.717) is 17.8 Å². The molecule has 0 spiro atoms. The number of aryl methyl sites for hydroxylation is 1. The zero-order chi connectivity index (χ0) is 14.1. The highest BCUT2D eigenvalue weighted by molar-refractivity contribution is 5.83.